The van der Waals surface area contributed by atoms with Gasteiger partial charge in [-0.05, 0) is 26.2 Å². The summed E-state index contributed by atoms with van der Waals surface area (Å²) in [5.74, 6) is 0.417. The second-order valence-corrected chi connectivity index (χ2v) is 7.47. The van der Waals surface area contributed by atoms with Gasteiger partial charge in [0, 0.05) is 43.1 Å². The Hall–Kier alpha value is -0.610. The van der Waals surface area contributed by atoms with Crippen LogP contribution in [0.15, 0.2) is 0 Å². The highest BCUT2D eigenvalue weighted by atomic mass is 16.5. The molecule has 0 bridgehead atoms. The molecule has 1 aliphatic carbocycles. The second kappa shape index (κ2) is 6.66. The number of hydrogen-bond donors (Lipinski definition) is 1. The minimum Gasteiger partial charge on any atom is -0.378 e. The lowest BCUT2D eigenvalue weighted by Gasteiger charge is -2.53. The Labute approximate surface area is 129 Å². The third kappa shape index (κ3) is 3.59. The Kier molecular flexibility index (Phi) is 5.31. The second-order valence-electron chi connectivity index (χ2n) is 7.47. The molecule has 0 aromatic carbocycles. The lowest BCUT2D eigenvalue weighted by atomic mass is 9.64. The van der Waals surface area contributed by atoms with E-state index >= 15 is 0 Å². The number of ether oxygens (including phenoxy) is 1. The van der Waals surface area contributed by atoms with E-state index in [1.807, 2.05) is 18.7 Å². The topological polar surface area (TPSA) is 41.6 Å². The van der Waals surface area contributed by atoms with Gasteiger partial charge in [0.2, 0.25) is 5.91 Å². The molecule has 1 aliphatic heterocycles. The molecule has 1 saturated carbocycles. The summed E-state index contributed by atoms with van der Waals surface area (Å²) in [7, 11) is 0. The monoisotopic (exact) mass is 296 g/mol. The summed E-state index contributed by atoms with van der Waals surface area (Å²) >= 11 is 0. The third-order valence-electron chi connectivity index (χ3n) is 5.28. The van der Waals surface area contributed by atoms with Crippen molar-refractivity contribution in [3.63, 3.8) is 0 Å². The Morgan fingerprint density at radius 3 is 2.43 bits per heavy atom. The van der Waals surface area contributed by atoms with E-state index in [-0.39, 0.29) is 11.3 Å². The van der Waals surface area contributed by atoms with Gasteiger partial charge in [0.25, 0.3) is 0 Å². The highest BCUT2D eigenvalue weighted by Gasteiger charge is 2.49. The number of carbonyl (C=O) groups excluding carboxylic acids is 1. The van der Waals surface area contributed by atoms with Crippen LogP contribution in [0.2, 0.25) is 0 Å². The Balaban J connectivity index is 1.76. The molecule has 0 radical (unpaired) electrons. The van der Waals surface area contributed by atoms with Crippen molar-refractivity contribution in [1.82, 2.24) is 10.2 Å². The van der Waals surface area contributed by atoms with Crippen molar-refractivity contribution in [3.05, 3.63) is 0 Å². The first-order valence-electron chi connectivity index (χ1n) is 8.52. The van der Waals surface area contributed by atoms with Crippen molar-refractivity contribution in [1.29, 1.82) is 0 Å². The van der Waals surface area contributed by atoms with E-state index in [1.165, 1.54) is 0 Å². The number of rotatable bonds is 5. The predicted octanol–water partition coefficient (Wildman–Crippen LogP) is 2.43. The van der Waals surface area contributed by atoms with E-state index < -0.39 is 0 Å². The summed E-state index contributed by atoms with van der Waals surface area (Å²) in [6, 6.07) is 1.10. The zero-order chi connectivity index (χ0) is 15.6. The van der Waals surface area contributed by atoms with Crippen LogP contribution >= 0.6 is 0 Å². The maximum absolute atomic E-state index is 12.0. The van der Waals surface area contributed by atoms with Crippen molar-refractivity contribution in [3.8, 4) is 0 Å². The number of piperidine rings is 1. The fraction of sp³-hybridized carbons (Fsp3) is 0.941. The minimum absolute atomic E-state index is 0.118. The van der Waals surface area contributed by atoms with Gasteiger partial charge < -0.3 is 15.0 Å². The van der Waals surface area contributed by atoms with Gasteiger partial charge in [-0.3, -0.25) is 4.79 Å². The third-order valence-corrected chi connectivity index (χ3v) is 5.28. The van der Waals surface area contributed by atoms with Crippen molar-refractivity contribution in [2.75, 3.05) is 19.7 Å². The van der Waals surface area contributed by atoms with Crippen molar-refractivity contribution in [2.45, 2.75) is 72.1 Å². The van der Waals surface area contributed by atoms with E-state index in [0.717, 1.165) is 39.0 Å². The largest absolute Gasteiger partial charge is 0.378 e. The number of hydrogen-bond acceptors (Lipinski definition) is 3. The van der Waals surface area contributed by atoms with Crippen molar-refractivity contribution < 1.29 is 9.53 Å². The van der Waals surface area contributed by atoms with Crippen LogP contribution in [0.4, 0.5) is 0 Å². The zero-order valence-electron chi connectivity index (χ0n) is 14.3. The van der Waals surface area contributed by atoms with Crippen molar-refractivity contribution >= 4 is 5.91 Å². The summed E-state index contributed by atoms with van der Waals surface area (Å²) in [6.45, 7) is 13.2. The molecule has 0 spiro atoms. The fourth-order valence-electron chi connectivity index (χ4n) is 3.57. The number of nitrogens with zero attached hydrogens (tertiary/aromatic N) is 1. The van der Waals surface area contributed by atoms with E-state index in [4.69, 9.17) is 4.74 Å². The molecule has 4 nitrogen and oxygen atoms in total. The van der Waals surface area contributed by atoms with Gasteiger partial charge in [0.15, 0.2) is 0 Å². The van der Waals surface area contributed by atoms with Gasteiger partial charge in [0.05, 0.1) is 6.10 Å². The molecule has 0 aromatic rings. The molecule has 21 heavy (non-hydrogen) atoms. The summed E-state index contributed by atoms with van der Waals surface area (Å²) in [4.78, 5) is 14.0. The molecule has 2 aliphatic rings. The number of carbonyl (C=O) groups is 1. The minimum atomic E-state index is 0.118. The van der Waals surface area contributed by atoms with Crippen LogP contribution in [0.3, 0.4) is 0 Å². The molecule has 1 amide bonds. The molecule has 4 heteroatoms. The average Bonchev–Trinajstić information content (AvgIpc) is 2.46. The smallest absolute Gasteiger partial charge is 0.225 e. The van der Waals surface area contributed by atoms with Crippen LogP contribution in [-0.4, -0.2) is 48.7 Å². The van der Waals surface area contributed by atoms with Crippen LogP contribution < -0.4 is 5.32 Å². The van der Waals surface area contributed by atoms with Crippen LogP contribution in [-0.2, 0) is 9.53 Å². The zero-order valence-corrected chi connectivity index (χ0v) is 14.3. The van der Waals surface area contributed by atoms with Gasteiger partial charge in [0.1, 0.15) is 0 Å². The molecule has 0 aromatic heterocycles. The van der Waals surface area contributed by atoms with E-state index in [9.17, 15) is 4.79 Å². The molecule has 2 unspecified atom stereocenters. The molecule has 1 saturated heterocycles. The van der Waals surface area contributed by atoms with Gasteiger partial charge in [-0.1, -0.05) is 27.7 Å². The molecule has 2 rings (SSSR count). The van der Waals surface area contributed by atoms with E-state index in [1.54, 1.807) is 0 Å². The Morgan fingerprint density at radius 2 is 1.95 bits per heavy atom. The molecular weight excluding hydrogens is 264 g/mol. The number of amides is 1. The normalized spacial score (nSPS) is 29.5. The van der Waals surface area contributed by atoms with Gasteiger partial charge in [-0.2, -0.15) is 0 Å². The quantitative estimate of drug-likeness (QED) is 0.847. The lowest BCUT2D eigenvalue weighted by molar-refractivity contribution is -0.136. The summed E-state index contributed by atoms with van der Waals surface area (Å²) in [5.41, 5.74) is 0.223. The highest BCUT2D eigenvalue weighted by molar-refractivity contribution is 5.78. The standard InChI is InChI=1S/C17H32N2O2/c1-6-21-15-11-14(17(15,4)5)18-13-7-9-19(10-8-13)16(20)12(2)3/h12-15,18H,6-11H2,1-5H3. The van der Waals surface area contributed by atoms with Crippen LogP contribution in [0.1, 0.15) is 53.9 Å². The molecule has 2 atom stereocenters. The maximum Gasteiger partial charge on any atom is 0.225 e. The highest BCUT2D eigenvalue weighted by Crippen LogP contribution is 2.43. The molecule has 1 heterocycles. The summed E-state index contributed by atoms with van der Waals surface area (Å²) in [5, 5.41) is 3.80. The summed E-state index contributed by atoms with van der Waals surface area (Å²) in [6.07, 6.45) is 3.66. The SMILES string of the molecule is CCOC1CC(NC2CCN(C(=O)C(C)C)CC2)C1(C)C. The fourth-order valence-corrected chi connectivity index (χ4v) is 3.57. The lowest BCUT2D eigenvalue weighted by Crippen LogP contribution is -2.63. The van der Waals surface area contributed by atoms with Crippen LogP contribution in [0, 0.1) is 11.3 Å². The number of nitrogens with one attached hydrogen (secondary N) is 1. The number of likely N-dealkylation sites (tertiary alicyclic amines) is 1. The molecule has 2 fully saturated rings. The average molecular weight is 296 g/mol. The Bertz CT molecular complexity index is 360. The van der Waals surface area contributed by atoms with E-state index in [2.05, 4.69) is 26.1 Å². The maximum atomic E-state index is 12.0. The first-order chi connectivity index (χ1) is 9.86. The molecular formula is C17H32N2O2. The first-order valence-corrected chi connectivity index (χ1v) is 8.52. The van der Waals surface area contributed by atoms with Crippen LogP contribution in [0.25, 0.3) is 0 Å². The summed E-state index contributed by atoms with van der Waals surface area (Å²) < 4.78 is 5.79. The van der Waals surface area contributed by atoms with E-state index in [0.29, 0.717) is 24.1 Å². The predicted molar refractivity (Wildman–Crippen MR) is 85.2 cm³/mol. The van der Waals surface area contributed by atoms with Crippen LogP contribution in [0.5, 0.6) is 0 Å². The first kappa shape index (κ1) is 16.8. The molecule has 122 valence electrons. The Morgan fingerprint density at radius 1 is 1.33 bits per heavy atom. The van der Waals surface area contributed by atoms with Gasteiger partial charge in [-0.15, -0.1) is 0 Å². The molecule has 1 N–H and O–H groups in total. The van der Waals surface area contributed by atoms with Crippen molar-refractivity contribution in [2.24, 2.45) is 11.3 Å². The van der Waals surface area contributed by atoms with Gasteiger partial charge >= 0.3 is 0 Å². The van der Waals surface area contributed by atoms with Gasteiger partial charge in [-0.25, -0.2) is 0 Å².